The summed E-state index contributed by atoms with van der Waals surface area (Å²) in [5, 5.41) is 10.1. The van der Waals surface area contributed by atoms with Crippen molar-refractivity contribution in [3.8, 4) is 0 Å². The molecular formula is C13H16ClNO2S. The second-order valence-corrected chi connectivity index (χ2v) is 5.68. The van der Waals surface area contributed by atoms with E-state index in [0.29, 0.717) is 23.7 Å². The number of halogens is 1. The van der Waals surface area contributed by atoms with Crippen molar-refractivity contribution in [1.82, 2.24) is 4.90 Å². The number of β-amino-alcohol motifs (C(OH)–C–C–N with tert-alkyl or cyclic N) is 1. The predicted molar refractivity (Wildman–Crippen MR) is 74.4 cm³/mol. The Morgan fingerprint density at radius 1 is 1.56 bits per heavy atom. The maximum absolute atomic E-state index is 12.4. The van der Waals surface area contributed by atoms with Crippen LogP contribution in [0.4, 0.5) is 0 Å². The first-order valence-electron chi connectivity index (χ1n) is 5.92. The van der Waals surface area contributed by atoms with Gasteiger partial charge in [0.1, 0.15) is 0 Å². The minimum Gasteiger partial charge on any atom is -0.391 e. The van der Waals surface area contributed by atoms with Crippen molar-refractivity contribution >= 4 is 29.3 Å². The Labute approximate surface area is 116 Å². The summed E-state index contributed by atoms with van der Waals surface area (Å²) in [6.07, 6.45) is 3.15. The van der Waals surface area contributed by atoms with E-state index in [1.807, 2.05) is 18.4 Å². The number of amides is 1. The molecule has 0 aliphatic carbocycles. The summed E-state index contributed by atoms with van der Waals surface area (Å²) in [7, 11) is 0. The molecule has 1 atom stereocenters. The Balaban J connectivity index is 2.22. The van der Waals surface area contributed by atoms with Gasteiger partial charge in [-0.2, -0.15) is 0 Å². The Morgan fingerprint density at radius 2 is 2.33 bits per heavy atom. The highest BCUT2D eigenvalue weighted by Gasteiger charge is 2.24. The average Bonchev–Trinajstić information content (AvgIpc) is 2.38. The van der Waals surface area contributed by atoms with E-state index in [-0.39, 0.29) is 5.91 Å². The van der Waals surface area contributed by atoms with Gasteiger partial charge in [0, 0.05) is 18.0 Å². The minimum absolute atomic E-state index is 0.0883. The molecule has 1 aromatic carbocycles. The van der Waals surface area contributed by atoms with Crippen LogP contribution in [0.25, 0.3) is 0 Å². The van der Waals surface area contributed by atoms with Crippen LogP contribution in [-0.2, 0) is 0 Å². The number of nitrogens with zero attached hydrogens (tertiary/aromatic N) is 1. The minimum atomic E-state index is -0.412. The standard InChI is InChI=1S/C13H16ClNO2S/c1-18-10-4-5-12(14)11(7-10)13(17)15-6-2-3-9(16)8-15/h4-5,7,9,16H,2-3,6,8H2,1H3. The lowest BCUT2D eigenvalue weighted by Crippen LogP contribution is -2.42. The molecule has 1 N–H and O–H groups in total. The Kier molecular flexibility index (Phi) is 4.54. The molecule has 2 rings (SSSR count). The van der Waals surface area contributed by atoms with E-state index in [1.54, 1.807) is 22.7 Å². The molecule has 5 heteroatoms. The van der Waals surface area contributed by atoms with Gasteiger partial charge in [-0.25, -0.2) is 0 Å². The van der Waals surface area contributed by atoms with Crippen molar-refractivity contribution < 1.29 is 9.90 Å². The highest BCUT2D eigenvalue weighted by molar-refractivity contribution is 7.98. The summed E-state index contributed by atoms with van der Waals surface area (Å²) in [5.74, 6) is -0.0883. The summed E-state index contributed by atoms with van der Waals surface area (Å²) in [6.45, 7) is 1.09. The molecule has 1 amide bonds. The second-order valence-electron chi connectivity index (χ2n) is 4.39. The number of aliphatic hydroxyl groups is 1. The van der Waals surface area contributed by atoms with Crippen LogP contribution in [0.1, 0.15) is 23.2 Å². The quantitative estimate of drug-likeness (QED) is 0.850. The number of carbonyl (C=O) groups is 1. The Hall–Kier alpha value is -0.710. The summed E-state index contributed by atoms with van der Waals surface area (Å²) in [6, 6.07) is 5.46. The Morgan fingerprint density at radius 3 is 3.00 bits per heavy atom. The van der Waals surface area contributed by atoms with Gasteiger partial charge in [-0.15, -0.1) is 11.8 Å². The van der Waals surface area contributed by atoms with Crippen LogP contribution in [0, 0.1) is 0 Å². The molecule has 0 saturated carbocycles. The topological polar surface area (TPSA) is 40.5 Å². The largest absolute Gasteiger partial charge is 0.391 e. The molecule has 0 aromatic heterocycles. The SMILES string of the molecule is CSc1ccc(Cl)c(C(=O)N2CCCC(O)C2)c1. The summed E-state index contributed by atoms with van der Waals surface area (Å²) < 4.78 is 0. The number of likely N-dealkylation sites (tertiary alicyclic amines) is 1. The fraction of sp³-hybridized carbons (Fsp3) is 0.462. The molecule has 0 radical (unpaired) electrons. The maximum Gasteiger partial charge on any atom is 0.255 e. The second kappa shape index (κ2) is 5.95. The molecule has 3 nitrogen and oxygen atoms in total. The number of hydrogen-bond acceptors (Lipinski definition) is 3. The zero-order valence-corrected chi connectivity index (χ0v) is 11.8. The molecule has 0 spiro atoms. The fourth-order valence-electron chi connectivity index (χ4n) is 2.10. The average molecular weight is 286 g/mol. The van der Waals surface area contributed by atoms with Crippen LogP contribution >= 0.6 is 23.4 Å². The third kappa shape index (κ3) is 2.99. The predicted octanol–water partition coefficient (Wildman–Crippen LogP) is 2.66. The first-order chi connectivity index (χ1) is 8.61. The van der Waals surface area contributed by atoms with Crippen LogP contribution < -0.4 is 0 Å². The first-order valence-corrected chi connectivity index (χ1v) is 7.53. The molecule has 98 valence electrons. The molecule has 18 heavy (non-hydrogen) atoms. The summed E-state index contributed by atoms with van der Waals surface area (Å²) in [4.78, 5) is 15.0. The lowest BCUT2D eigenvalue weighted by molar-refractivity contribution is 0.0473. The van der Waals surface area contributed by atoms with E-state index in [0.717, 1.165) is 17.7 Å². The van der Waals surface area contributed by atoms with Gasteiger partial charge in [-0.1, -0.05) is 11.6 Å². The van der Waals surface area contributed by atoms with Crippen molar-refractivity contribution in [2.45, 2.75) is 23.8 Å². The number of benzene rings is 1. The monoisotopic (exact) mass is 285 g/mol. The highest BCUT2D eigenvalue weighted by Crippen LogP contribution is 2.25. The van der Waals surface area contributed by atoms with Crippen LogP contribution in [0.15, 0.2) is 23.1 Å². The molecule has 0 bridgehead atoms. The molecule has 1 heterocycles. The van der Waals surface area contributed by atoms with E-state index < -0.39 is 6.10 Å². The van der Waals surface area contributed by atoms with Gasteiger partial charge >= 0.3 is 0 Å². The van der Waals surface area contributed by atoms with Crippen LogP contribution in [0.3, 0.4) is 0 Å². The third-order valence-electron chi connectivity index (χ3n) is 3.09. The van der Waals surface area contributed by atoms with E-state index in [9.17, 15) is 9.90 Å². The summed E-state index contributed by atoms with van der Waals surface area (Å²) in [5.41, 5.74) is 0.526. The van der Waals surface area contributed by atoms with Crippen molar-refractivity contribution in [2.24, 2.45) is 0 Å². The molecular weight excluding hydrogens is 270 g/mol. The number of carbonyl (C=O) groups excluding carboxylic acids is 1. The maximum atomic E-state index is 12.4. The van der Waals surface area contributed by atoms with E-state index in [1.165, 1.54) is 0 Å². The Bertz CT molecular complexity index is 453. The number of hydrogen-bond donors (Lipinski definition) is 1. The van der Waals surface area contributed by atoms with E-state index in [4.69, 9.17) is 11.6 Å². The van der Waals surface area contributed by atoms with Gasteiger partial charge in [0.2, 0.25) is 0 Å². The van der Waals surface area contributed by atoms with Gasteiger partial charge in [-0.05, 0) is 37.3 Å². The van der Waals surface area contributed by atoms with Gasteiger partial charge in [-0.3, -0.25) is 4.79 Å². The van der Waals surface area contributed by atoms with Crippen LogP contribution in [-0.4, -0.2) is 41.4 Å². The normalized spacial score (nSPS) is 19.9. The molecule has 1 saturated heterocycles. The first kappa shape index (κ1) is 13.7. The van der Waals surface area contributed by atoms with E-state index >= 15 is 0 Å². The van der Waals surface area contributed by atoms with Crippen LogP contribution in [0.2, 0.25) is 5.02 Å². The molecule has 1 aliphatic rings. The number of thioether (sulfide) groups is 1. The third-order valence-corrected chi connectivity index (χ3v) is 4.14. The van der Waals surface area contributed by atoms with E-state index in [2.05, 4.69) is 0 Å². The number of aliphatic hydroxyl groups excluding tert-OH is 1. The van der Waals surface area contributed by atoms with Gasteiger partial charge in [0.05, 0.1) is 16.7 Å². The number of rotatable bonds is 2. The zero-order valence-electron chi connectivity index (χ0n) is 10.2. The molecule has 1 unspecified atom stereocenters. The smallest absolute Gasteiger partial charge is 0.255 e. The lowest BCUT2D eigenvalue weighted by atomic mass is 10.1. The summed E-state index contributed by atoms with van der Waals surface area (Å²) >= 11 is 7.66. The molecule has 1 aliphatic heterocycles. The van der Waals surface area contributed by atoms with Gasteiger partial charge in [0.25, 0.3) is 5.91 Å². The molecule has 1 fully saturated rings. The fourth-order valence-corrected chi connectivity index (χ4v) is 2.74. The zero-order chi connectivity index (χ0) is 13.1. The highest BCUT2D eigenvalue weighted by atomic mass is 35.5. The van der Waals surface area contributed by atoms with Crippen molar-refractivity contribution in [3.05, 3.63) is 28.8 Å². The lowest BCUT2D eigenvalue weighted by Gasteiger charge is -2.30. The van der Waals surface area contributed by atoms with Crippen molar-refractivity contribution in [3.63, 3.8) is 0 Å². The van der Waals surface area contributed by atoms with Crippen LogP contribution in [0.5, 0.6) is 0 Å². The van der Waals surface area contributed by atoms with Crippen molar-refractivity contribution in [1.29, 1.82) is 0 Å². The van der Waals surface area contributed by atoms with Crippen molar-refractivity contribution in [2.75, 3.05) is 19.3 Å². The van der Waals surface area contributed by atoms with Gasteiger partial charge < -0.3 is 10.0 Å². The number of piperidine rings is 1. The molecule has 1 aromatic rings. The van der Waals surface area contributed by atoms with Gasteiger partial charge in [0.15, 0.2) is 0 Å².